The highest BCUT2D eigenvalue weighted by molar-refractivity contribution is 9.09. The van der Waals surface area contributed by atoms with Gasteiger partial charge in [-0.05, 0) is 24.7 Å². The van der Waals surface area contributed by atoms with E-state index in [-0.39, 0.29) is 0 Å². The van der Waals surface area contributed by atoms with Crippen LogP contribution >= 0.6 is 15.9 Å². The molecule has 0 bridgehead atoms. The molecule has 0 saturated carbocycles. The second kappa shape index (κ2) is 3.90. The van der Waals surface area contributed by atoms with E-state index in [1.807, 2.05) is 0 Å². The second-order valence-electron chi connectivity index (χ2n) is 4.14. The van der Waals surface area contributed by atoms with E-state index in [9.17, 15) is 0 Å². The van der Waals surface area contributed by atoms with Crippen molar-refractivity contribution in [3.05, 3.63) is 0 Å². The molecule has 1 unspecified atom stereocenters. The van der Waals surface area contributed by atoms with E-state index in [0.717, 1.165) is 11.9 Å². The van der Waals surface area contributed by atoms with E-state index in [0.29, 0.717) is 11.5 Å². The van der Waals surface area contributed by atoms with Gasteiger partial charge in [-0.1, -0.05) is 29.8 Å². The quantitative estimate of drug-likeness (QED) is 0.665. The van der Waals surface area contributed by atoms with Crippen molar-refractivity contribution in [2.75, 3.05) is 11.9 Å². The van der Waals surface area contributed by atoms with Crippen LogP contribution in [0.3, 0.4) is 0 Å². The van der Waals surface area contributed by atoms with Gasteiger partial charge in [0, 0.05) is 11.9 Å². The van der Waals surface area contributed by atoms with Crippen molar-refractivity contribution in [1.82, 2.24) is 0 Å². The lowest BCUT2D eigenvalue weighted by molar-refractivity contribution is 0.0777. The van der Waals surface area contributed by atoms with Crippen molar-refractivity contribution in [2.45, 2.75) is 39.2 Å². The Morgan fingerprint density at radius 1 is 1.55 bits per heavy atom. The second-order valence-corrected chi connectivity index (χ2v) is 4.70. The first-order valence-corrected chi connectivity index (χ1v) is 5.44. The van der Waals surface area contributed by atoms with Crippen LogP contribution in [0.4, 0.5) is 0 Å². The molecular formula is C9H17BrO. The van der Waals surface area contributed by atoms with Gasteiger partial charge in [0.05, 0.1) is 6.10 Å². The Balaban J connectivity index is 2.28. The van der Waals surface area contributed by atoms with Gasteiger partial charge in [-0.2, -0.15) is 0 Å². The molecule has 1 heterocycles. The third-order valence-electron chi connectivity index (χ3n) is 2.17. The van der Waals surface area contributed by atoms with E-state index in [4.69, 9.17) is 4.74 Å². The van der Waals surface area contributed by atoms with Gasteiger partial charge in [0.15, 0.2) is 0 Å². The van der Waals surface area contributed by atoms with Gasteiger partial charge < -0.3 is 4.74 Å². The predicted molar refractivity (Wildman–Crippen MR) is 51.2 cm³/mol. The Morgan fingerprint density at radius 3 is 2.73 bits per heavy atom. The van der Waals surface area contributed by atoms with Crippen LogP contribution in [-0.4, -0.2) is 18.0 Å². The van der Waals surface area contributed by atoms with Crippen molar-refractivity contribution in [2.24, 2.45) is 5.41 Å². The van der Waals surface area contributed by atoms with Crippen LogP contribution in [0.15, 0.2) is 0 Å². The molecule has 0 amide bonds. The van der Waals surface area contributed by atoms with Crippen LogP contribution in [0.2, 0.25) is 0 Å². The molecular weight excluding hydrogens is 204 g/mol. The van der Waals surface area contributed by atoms with Gasteiger partial charge in [0.2, 0.25) is 0 Å². The van der Waals surface area contributed by atoms with Gasteiger partial charge in [0.1, 0.15) is 0 Å². The van der Waals surface area contributed by atoms with E-state index >= 15 is 0 Å². The Morgan fingerprint density at radius 2 is 2.27 bits per heavy atom. The maximum atomic E-state index is 5.57. The van der Waals surface area contributed by atoms with Gasteiger partial charge in [-0.3, -0.25) is 0 Å². The fourth-order valence-corrected chi connectivity index (χ4v) is 1.71. The minimum Gasteiger partial charge on any atom is -0.378 e. The van der Waals surface area contributed by atoms with Gasteiger partial charge >= 0.3 is 0 Å². The lowest BCUT2D eigenvalue weighted by Crippen LogP contribution is -2.21. The Kier molecular flexibility index (Phi) is 3.38. The van der Waals surface area contributed by atoms with E-state index in [1.165, 1.54) is 19.3 Å². The van der Waals surface area contributed by atoms with Crippen LogP contribution in [0.25, 0.3) is 0 Å². The summed E-state index contributed by atoms with van der Waals surface area (Å²) in [5.41, 5.74) is 0.398. The highest BCUT2D eigenvalue weighted by atomic mass is 79.9. The number of rotatable bonds is 3. The summed E-state index contributed by atoms with van der Waals surface area (Å²) >= 11 is 3.52. The van der Waals surface area contributed by atoms with Crippen LogP contribution < -0.4 is 0 Å². The first kappa shape index (κ1) is 9.53. The normalized spacial score (nSPS) is 25.9. The molecule has 2 heteroatoms. The first-order valence-electron chi connectivity index (χ1n) is 4.32. The van der Waals surface area contributed by atoms with Gasteiger partial charge in [0.25, 0.3) is 0 Å². The summed E-state index contributed by atoms with van der Waals surface area (Å²) < 4.78 is 5.57. The molecule has 0 aliphatic carbocycles. The molecule has 1 saturated heterocycles. The zero-order valence-corrected chi connectivity index (χ0v) is 8.99. The first-order chi connectivity index (χ1) is 5.14. The molecule has 0 spiro atoms. The number of halogens is 1. The Labute approximate surface area is 77.6 Å². The summed E-state index contributed by atoms with van der Waals surface area (Å²) in [6.07, 6.45) is 4.24. The standard InChI is InChI=1S/C9H17BrO/c1-9(2,7-10)6-8-4-3-5-11-8/h8H,3-7H2,1-2H3. The molecule has 0 aromatic heterocycles. The maximum Gasteiger partial charge on any atom is 0.0581 e. The maximum absolute atomic E-state index is 5.57. The Hall–Kier alpha value is 0.440. The zero-order chi connectivity index (χ0) is 8.32. The fraction of sp³-hybridized carbons (Fsp3) is 1.00. The molecule has 0 radical (unpaired) electrons. The van der Waals surface area contributed by atoms with E-state index in [1.54, 1.807) is 0 Å². The van der Waals surface area contributed by atoms with Crippen LogP contribution in [0.5, 0.6) is 0 Å². The molecule has 1 nitrogen and oxygen atoms in total. The van der Waals surface area contributed by atoms with Gasteiger partial charge in [-0.25, -0.2) is 0 Å². The average Bonchev–Trinajstić information content (AvgIpc) is 2.39. The lowest BCUT2D eigenvalue weighted by Gasteiger charge is -2.24. The molecule has 1 aliphatic heterocycles. The van der Waals surface area contributed by atoms with Gasteiger partial charge in [-0.15, -0.1) is 0 Å². The summed E-state index contributed by atoms with van der Waals surface area (Å²) in [5, 5.41) is 1.07. The summed E-state index contributed by atoms with van der Waals surface area (Å²) in [5.74, 6) is 0. The lowest BCUT2D eigenvalue weighted by atomic mass is 9.88. The summed E-state index contributed by atoms with van der Waals surface area (Å²) in [7, 11) is 0. The molecule has 1 aliphatic rings. The van der Waals surface area contributed by atoms with E-state index < -0.39 is 0 Å². The van der Waals surface area contributed by atoms with Crippen molar-refractivity contribution in [3.8, 4) is 0 Å². The molecule has 1 atom stereocenters. The SMILES string of the molecule is CC(C)(CBr)CC1CCCO1. The van der Waals surface area contributed by atoms with Crippen LogP contribution in [0, 0.1) is 5.41 Å². The topological polar surface area (TPSA) is 9.23 Å². The minimum absolute atomic E-state index is 0.398. The zero-order valence-electron chi connectivity index (χ0n) is 7.40. The van der Waals surface area contributed by atoms with Crippen LogP contribution in [0.1, 0.15) is 33.1 Å². The largest absolute Gasteiger partial charge is 0.378 e. The van der Waals surface area contributed by atoms with Crippen molar-refractivity contribution in [3.63, 3.8) is 0 Å². The predicted octanol–water partition coefficient (Wildman–Crippen LogP) is 2.98. The summed E-state index contributed by atoms with van der Waals surface area (Å²) in [6, 6.07) is 0. The number of alkyl halides is 1. The van der Waals surface area contributed by atoms with Crippen LogP contribution in [-0.2, 0) is 4.74 Å². The number of hydrogen-bond acceptors (Lipinski definition) is 1. The summed E-state index contributed by atoms with van der Waals surface area (Å²) in [4.78, 5) is 0. The number of hydrogen-bond donors (Lipinski definition) is 0. The third kappa shape index (κ3) is 3.12. The molecule has 0 N–H and O–H groups in total. The third-order valence-corrected chi connectivity index (χ3v) is 3.68. The number of ether oxygens (including phenoxy) is 1. The molecule has 11 heavy (non-hydrogen) atoms. The molecule has 1 rings (SSSR count). The monoisotopic (exact) mass is 220 g/mol. The average molecular weight is 221 g/mol. The minimum atomic E-state index is 0.398. The highest BCUT2D eigenvalue weighted by Gasteiger charge is 2.24. The smallest absolute Gasteiger partial charge is 0.0581 e. The summed E-state index contributed by atoms with van der Waals surface area (Å²) in [6.45, 7) is 5.54. The van der Waals surface area contributed by atoms with Crippen molar-refractivity contribution < 1.29 is 4.74 Å². The molecule has 1 fully saturated rings. The fourth-order valence-electron chi connectivity index (χ4n) is 1.48. The van der Waals surface area contributed by atoms with Crippen molar-refractivity contribution >= 4 is 15.9 Å². The highest BCUT2D eigenvalue weighted by Crippen LogP contribution is 2.29. The molecule has 0 aromatic rings. The molecule has 0 aromatic carbocycles. The van der Waals surface area contributed by atoms with Crippen molar-refractivity contribution in [1.29, 1.82) is 0 Å². The molecule has 66 valence electrons. The van der Waals surface area contributed by atoms with E-state index in [2.05, 4.69) is 29.8 Å². The Bertz CT molecular complexity index is 117.